The topological polar surface area (TPSA) is 41.6 Å². The number of benzene rings is 2. The molecule has 4 heteroatoms. The highest BCUT2D eigenvalue weighted by Crippen LogP contribution is 2.19. The summed E-state index contributed by atoms with van der Waals surface area (Å²) < 4.78 is 5.86. The van der Waals surface area contributed by atoms with E-state index in [1.165, 1.54) is 17.5 Å². The van der Waals surface area contributed by atoms with E-state index in [9.17, 15) is 4.79 Å². The number of hydrogen-bond donors (Lipinski definition) is 1. The van der Waals surface area contributed by atoms with Gasteiger partial charge in [0.05, 0.1) is 6.61 Å². The number of aryl methyl sites for hydroxylation is 2. The Morgan fingerprint density at radius 2 is 1.96 bits per heavy atom. The molecule has 2 aromatic rings. The molecule has 28 heavy (non-hydrogen) atoms. The lowest BCUT2D eigenvalue weighted by Crippen LogP contribution is -2.28. The van der Waals surface area contributed by atoms with Gasteiger partial charge in [-0.25, -0.2) is 0 Å². The van der Waals surface area contributed by atoms with Crippen molar-refractivity contribution in [1.29, 1.82) is 0 Å². The molecule has 1 aliphatic heterocycles. The van der Waals surface area contributed by atoms with Crippen molar-refractivity contribution in [2.75, 3.05) is 33.3 Å². The molecule has 0 spiro atoms. The summed E-state index contributed by atoms with van der Waals surface area (Å²) in [6.07, 6.45) is 3.14. The van der Waals surface area contributed by atoms with Gasteiger partial charge in [-0.2, -0.15) is 0 Å². The normalized spacial score (nSPS) is 16.2. The van der Waals surface area contributed by atoms with Gasteiger partial charge in [0.15, 0.2) is 0 Å². The average molecular weight is 381 g/mol. The molecule has 1 unspecified atom stereocenters. The Morgan fingerprint density at radius 1 is 1.18 bits per heavy atom. The Bertz CT molecular complexity index is 780. The zero-order valence-electron chi connectivity index (χ0n) is 17.3. The van der Waals surface area contributed by atoms with Crippen LogP contribution in [-0.4, -0.2) is 44.1 Å². The van der Waals surface area contributed by atoms with Crippen LogP contribution >= 0.6 is 0 Å². The highest BCUT2D eigenvalue weighted by atomic mass is 16.5. The minimum Gasteiger partial charge on any atom is -0.493 e. The van der Waals surface area contributed by atoms with E-state index in [0.717, 1.165) is 48.7 Å². The van der Waals surface area contributed by atoms with Gasteiger partial charge in [0.2, 0.25) is 0 Å². The molecule has 2 aromatic carbocycles. The Balaban J connectivity index is 1.43. The van der Waals surface area contributed by atoms with Crippen LogP contribution in [0.15, 0.2) is 42.5 Å². The Kier molecular flexibility index (Phi) is 7.10. The molecule has 1 fully saturated rings. The van der Waals surface area contributed by atoms with Gasteiger partial charge in [0, 0.05) is 19.2 Å². The van der Waals surface area contributed by atoms with Crippen LogP contribution in [0.1, 0.15) is 39.9 Å². The average Bonchev–Trinajstić information content (AvgIpc) is 3.19. The van der Waals surface area contributed by atoms with E-state index < -0.39 is 0 Å². The van der Waals surface area contributed by atoms with Crippen molar-refractivity contribution in [2.24, 2.45) is 5.92 Å². The minimum absolute atomic E-state index is 0.0700. The van der Waals surface area contributed by atoms with Gasteiger partial charge in [-0.3, -0.25) is 4.79 Å². The number of hydrogen-bond acceptors (Lipinski definition) is 3. The number of nitrogens with one attached hydrogen (secondary N) is 1. The summed E-state index contributed by atoms with van der Waals surface area (Å²) in [4.78, 5) is 14.4. The summed E-state index contributed by atoms with van der Waals surface area (Å²) in [5.41, 5.74) is 4.46. The number of ether oxygens (including phenoxy) is 1. The standard InChI is InChI=1S/C24H32N2O2/c1-18-5-10-23(19(2)15-18)28-14-4-13-26(3)24(27)22-8-6-20(7-9-22)16-21-11-12-25-17-21/h5-10,15,21,25H,4,11-14,16-17H2,1-3H3. The monoisotopic (exact) mass is 380 g/mol. The van der Waals surface area contributed by atoms with Crippen molar-refractivity contribution in [3.8, 4) is 5.75 Å². The largest absolute Gasteiger partial charge is 0.493 e. The van der Waals surface area contributed by atoms with E-state index in [4.69, 9.17) is 4.74 Å². The third kappa shape index (κ3) is 5.59. The minimum atomic E-state index is 0.0700. The van der Waals surface area contributed by atoms with Crippen molar-refractivity contribution in [1.82, 2.24) is 10.2 Å². The molecular weight excluding hydrogens is 348 g/mol. The first kappa shape index (κ1) is 20.4. The van der Waals surface area contributed by atoms with Gasteiger partial charge in [0.25, 0.3) is 5.91 Å². The third-order valence-corrected chi connectivity index (χ3v) is 5.46. The lowest BCUT2D eigenvalue weighted by Gasteiger charge is -2.18. The third-order valence-electron chi connectivity index (χ3n) is 5.46. The summed E-state index contributed by atoms with van der Waals surface area (Å²) in [5, 5.41) is 3.41. The van der Waals surface area contributed by atoms with Crippen LogP contribution < -0.4 is 10.1 Å². The molecule has 0 aliphatic carbocycles. The maximum atomic E-state index is 12.6. The Labute approximate surface area is 168 Å². The zero-order chi connectivity index (χ0) is 19.9. The predicted octanol–water partition coefficient (Wildman–Crippen LogP) is 4.00. The van der Waals surface area contributed by atoms with Gasteiger partial charge < -0.3 is 15.0 Å². The number of carbonyl (C=O) groups is 1. The molecule has 1 heterocycles. The van der Waals surface area contributed by atoms with Gasteiger partial charge in [-0.1, -0.05) is 29.8 Å². The molecule has 3 rings (SSSR count). The highest BCUT2D eigenvalue weighted by Gasteiger charge is 2.16. The summed E-state index contributed by atoms with van der Waals surface area (Å²) in [6.45, 7) is 7.66. The van der Waals surface area contributed by atoms with Crippen molar-refractivity contribution >= 4 is 5.91 Å². The molecule has 1 amide bonds. The molecule has 1 saturated heterocycles. The van der Waals surface area contributed by atoms with Crippen molar-refractivity contribution < 1.29 is 9.53 Å². The van der Waals surface area contributed by atoms with E-state index >= 15 is 0 Å². The van der Waals surface area contributed by atoms with Crippen molar-refractivity contribution in [3.63, 3.8) is 0 Å². The van der Waals surface area contributed by atoms with Crippen LogP contribution in [0.4, 0.5) is 0 Å². The van der Waals surface area contributed by atoms with Gasteiger partial charge in [0.1, 0.15) is 5.75 Å². The molecule has 150 valence electrons. The second-order valence-electron chi connectivity index (χ2n) is 7.96. The molecule has 0 radical (unpaired) electrons. The summed E-state index contributed by atoms with van der Waals surface area (Å²) in [5.74, 6) is 1.72. The first-order valence-corrected chi connectivity index (χ1v) is 10.3. The Hall–Kier alpha value is -2.33. The second kappa shape index (κ2) is 9.74. The number of amides is 1. The van der Waals surface area contributed by atoms with Gasteiger partial charge in [-0.15, -0.1) is 0 Å². The Morgan fingerprint density at radius 3 is 2.64 bits per heavy atom. The van der Waals surface area contributed by atoms with E-state index in [0.29, 0.717) is 13.2 Å². The highest BCUT2D eigenvalue weighted by molar-refractivity contribution is 5.94. The van der Waals surface area contributed by atoms with Crippen LogP contribution in [0.3, 0.4) is 0 Å². The summed E-state index contributed by atoms with van der Waals surface area (Å²) in [7, 11) is 1.86. The molecule has 4 nitrogen and oxygen atoms in total. The maximum Gasteiger partial charge on any atom is 0.253 e. The number of rotatable bonds is 8. The molecule has 1 atom stereocenters. The van der Waals surface area contributed by atoms with Crippen LogP contribution in [0.2, 0.25) is 0 Å². The first-order chi connectivity index (χ1) is 13.5. The fourth-order valence-electron chi connectivity index (χ4n) is 3.77. The van der Waals surface area contributed by atoms with Crippen LogP contribution in [0.5, 0.6) is 5.75 Å². The maximum absolute atomic E-state index is 12.6. The van der Waals surface area contributed by atoms with Crippen molar-refractivity contribution in [3.05, 3.63) is 64.7 Å². The fraction of sp³-hybridized carbons (Fsp3) is 0.458. The van der Waals surface area contributed by atoms with Crippen LogP contribution in [-0.2, 0) is 6.42 Å². The van der Waals surface area contributed by atoms with Gasteiger partial charge in [-0.05, 0) is 81.4 Å². The van der Waals surface area contributed by atoms with E-state index in [1.54, 1.807) is 4.90 Å². The lowest BCUT2D eigenvalue weighted by atomic mass is 9.98. The smallest absolute Gasteiger partial charge is 0.253 e. The lowest BCUT2D eigenvalue weighted by molar-refractivity contribution is 0.0788. The van der Waals surface area contributed by atoms with E-state index in [1.807, 2.05) is 25.2 Å². The number of carbonyl (C=O) groups excluding carboxylic acids is 1. The van der Waals surface area contributed by atoms with E-state index in [2.05, 4.69) is 43.4 Å². The van der Waals surface area contributed by atoms with Crippen molar-refractivity contribution in [2.45, 2.75) is 33.1 Å². The molecule has 1 aliphatic rings. The molecule has 0 saturated carbocycles. The predicted molar refractivity (Wildman–Crippen MR) is 114 cm³/mol. The molecular formula is C24H32N2O2. The van der Waals surface area contributed by atoms with Crippen LogP contribution in [0, 0.1) is 19.8 Å². The van der Waals surface area contributed by atoms with Gasteiger partial charge >= 0.3 is 0 Å². The molecule has 0 bridgehead atoms. The summed E-state index contributed by atoms with van der Waals surface area (Å²) >= 11 is 0. The molecule has 0 aromatic heterocycles. The summed E-state index contributed by atoms with van der Waals surface area (Å²) in [6, 6.07) is 14.3. The zero-order valence-corrected chi connectivity index (χ0v) is 17.3. The fourth-order valence-corrected chi connectivity index (χ4v) is 3.77. The SMILES string of the molecule is Cc1ccc(OCCCN(C)C(=O)c2ccc(CC3CCNC3)cc2)c(C)c1. The second-order valence-corrected chi connectivity index (χ2v) is 7.96. The first-order valence-electron chi connectivity index (χ1n) is 10.3. The quantitative estimate of drug-likeness (QED) is 0.704. The molecule has 1 N–H and O–H groups in total. The van der Waals surface area contributed by atoms with E-state index in [-0.39, 0.29) is 5.91 Å². The number of nitrogens with zero attached hydrogens (tertiary/aromatic N) is 1. The van der Waals surface area contributed by atoms with Crippen LogP contribution in [0.25, 0.3) is 0 Å².